The molecular weight excluding hydrogens is 508 g/mol. The van der Waals surface area contributed by atoms with Crippen molar-refractivity contribution in [2.45, 2.75) is 0 Å². The molecule has 39 heavy (non-hydrogen) atoms. The average molecular weight is 541 g/mol. The molecule has 3 heteroatoms. The Kier molecular flexibility index (Phi) is 5.48. The molecule has 1 saturated heterocycles. The van der Waals surface area contributed by atoms with Gasteiger partial charge in [-0.1, -0.05) is 0 Å². The van der Waals surface area contributed by atoms with Gasteiger partial charge in [0.2, 0.25) is 0 Å². The second-order valence-corrected chi connectivity index (χ2v) is 24.0. The topological polar surface area (TPSA) is 16.6 Å². The number of hydrogen-bond acceptors (Lipinski definition) is 0. The molecule has 0 atom stereocenters. The van der Waals surface area contributed by atoms with E-state index in [1.54, 1.807) is 0 Å². The quantitative estimate of drug-likeness (QED) is 0.216. The molecule has 0 bridgehead atoms. The Morgan fingerprint density at radius 1 is 0.231 bits per heavy atom. The Morgan fingerprint density at radius 2 is 0.385 bits per heavy atom. The molecule has 7 rings (SSSR count). The maximum atomic E-state index is 2.90. The van der Waals surface area contributed by atoms with Crippen molar-refractivity contribution < 1.29 is 4.86 Å². The minimum absolute atomic E-state index is 1.43. The van der Waals surface area contributed by atoms with Crippen molar-refractivity contribution in [2.75, 3.05) is 0 Å². The van der Waals surface area contributed by atoms with E-state index in [1.165, 1.54) is 31.8 Å². The van der Waals surface area contributed by atoms with Gasteiger partial charge in [-0.15, -0.1) is 0 Å². The third-order valence-electron chi connectivity index (χ3n) is 8.93. The third kappa shape index (κ3) is 2.71. The summed E-state index contributed by atoms with van der Waals surface area (Å²) in [6.45, 7) is 0. The van der Waals surface area contributed by atoms with E-state index >= 15 is 0 Å². The van der Waals surface area contributed by atoms with Gasteiger partial charge in [0.15, 0.2) is 0 Å². The van der Waals surface area contributed by atoms with Gasteiger partial charge in [-0.3, -0.25) is 0 Å². The predicted molar refractivity (Wildman–Crippen MR) is 172 cm³/mol. The van der Waals surface area contributed by atoms with Crippen LogP contribution < -0.4 is 36.7 Å². The fourth-order valence-electron chi connectivity index (χ4n) is 7.53. The summed E-state index contributed by atoms with van der Waals surface area (Å²) in [5, 5.41) is 8.56. The molecule has 0 saturated carbocycles. The van der Waals surface area contributed by atoms with E-state index in [9.17, 15) is 0 Å². The Bertz CT molecular complexity index is 1390. The van der Waals surface area contributed by atoms with Crippen molar-refractivity contribution in [3.8, 4) is 0 Å². The molecule has 0 spiro atoms. The number of benzene rings is 6. The monoisotopic (exact) mass is 540 g/mol. The zero-order valence-corrected chi connectivity index (χ0v) is 23.6. The van der Waals surface area contributed by atoms with Gasteiger partial charge in [-0.05, 0) is 0 Å². The average Bonchev–Trinajstić information content (AvgIpc) is 3.69. The van der Waals surface area contributed by atoms with E-state index in [0.29, 0.717) is 0 Å². The van der Waals surface area contributed by atoms with Crippen LogP contribution in [0.3, 0.4) is 0 Å². The van der Waals surface area contributed by atoms with E-state index in [2.05, 4.69) is 187 Å². The Labute approximate surface area is 231 Å². The van der Waals surface area contributed by atoms with Crippen molar-refractivity contribution in [2.24, 2.45) is 0 Å². The first-order chi connectivity index (χ1) is 19.3. The Morgan fingerprint density at radius 3 is 0.538 bits per heavy atom. The second-order valence-electron chi connectivity index (χ2n) is 10.4. The summed E-state index contributed by atoms with van der Waals surface area (Å²) in [5.41, 5.74) is 0. The van der Waals surface area contributed by atoms with E-state index in [1.807, 2.05) is 0 Å². The van der Waals surface area contributed by atoms with Crippen LogP contribution in [0, 0.1) is 0 Å². The molecule has 6 aromatic carbocycles. The van der Waals surface area contributed by atoms with Gasteiger partial charge in [0.05, 0.1) is 0 Å². The molecule has 1 aliphatic rings. The van der Waals surface area contributed by atoms with Crippen LogP contribution in [-0.4, -0.2) is 0 Å². The molecule has 1 aliphatic heterocycles. The van der Waals surface area contributed by atoms with Crippen LogP contribution in [-0.2, 0) is 0 Å². The van der Waals surface area contributed by atoms with Crippen LogP contribution in [0.4, 0.5) is 0 Å². The molecule has 190 valence electrons. The summed E-state index contributed by atoms with van der Waals surface area (Å²) in [5.74, 6) is 0. The molecule has 1 fully saturated rings. The minimum atomic E-state index is -3.32. The number of hydrogen-bond donors (Lipinski definition) is 1. The third-order valence-corrected chi connectivity index (χ3v) is 31.2. The fourth-order valence-corrected chi connectivity index (χ4v) is 37.2. The van der Waals surface area contributed by atoms with Crippen molar-refractivity contribution >= 4 is 44.7 Å². The number of nitrogens with two attached hydrogens (primary N) is 1. The SMILES string of the molecule is c1ccc(P2(c3ccccc3)(c3ccccc3)[NH2+]P2(c2ccccc2)(c2ccccc2)c2ccccc2)cc1. The molecule has 1 nitrogen and oxygen atoms in total. The van der Waals surface area contributed by atoms with Gasteiger partial charge in [0.25, 0.3) is 0 Å². The van der Waals surface area contributed by atoms with Crippen LogP contribution in [0.15, 0.2) is 182 Å². The molecule has 6 aromatic rings. The van der Waals surface area contributed by atoms with Gasteiger partial charge in [0.1, 0.15) is 0 Å². The Hall–Kier alpha value is -3.86. The summed E-state index contributed by atoms with van der Waals surface area (Å²) >= 11 is 0. The van der Waals surface area contributed by atoms with Gasteiger partial charge >= 0.3 is 232 Å². The van der Waals surface area contributed by atoms with E-state index in [0.717, 1.165) is 0 Å². The number of rotatable bonds is 6. The second kappa shape index (κ2) is 8.84. The standard InChI is InChI=1S/C36H31NP2/c1-7-19-31(20-8-1)38(32-21-9-2-10-22-32,33-23-11-3-12-24-33)37-39(38,34-25-13-4-14-26-34,35-27-15-5-16-28-35)36-29-17-6-18-30-36/h1-30,37H/p+1. The predicted octanol–water partition coefficient (Wildman–Crippen LogP) is 5.37. The van der Waals surface area contributed by atoms with Crippen LogP contribution in [0.2, 0.25) is 0 Å². The first-order valence-corrected chi connectivity index (χ1v) is 18.8. The van der Waals surface area contributed by atoms with Crippen molar-refractivity contribution in [1.29, 1.82) is 0 Å². The summed E-state index contributed by atoms with van der Waals surface area (Å²) in [7, 11) is 0. The molecule has 0 radical (unpaired) electrons. The van der Waals surface area contributed by atoms with Crippen molar-refractivity contribution in [1.82, 2.24) is 0 Å². The van der Waals surface area contributed by atoms with Gasteiger partial charge in [0, 0.05) is 0 Å². The van der Waals surface area contributed by atoms with E-state index in [-0.39, 0.29) is 0 Å². The summed E-state index contributed by atoms with van der Waals surface area (Å²) in [4.78, 5) is 2.90. The van der Waals surface area contributed by atoms with Crippen LogP contribution >= 0.6 is 12.9 Å². The first-order valence-electron chi connectivity index (χ1n) is 13.5. The fraction of sp³-hybridized carbons (Fsp3) is 0. The maximum absolute atomic E-state index is 3.32. The number of quaternary nitrogens is 1. The van der Waals surface area contributed by atoms with Gasteiger partial charge < -0.3 is 0 Å². The first kappa shape index (κ1) is 24.2. The molecule has 0 aliphatic carbocycles. The zero-order valence-electron chi connectivity index (χ0n) is 21.8. The van der Waals surface area contributed by atoms with Crippen LogP contribution in [0.1, 0.15) is 0 Å². The van der Waals surface area contributed by atoms with E-state index < -0.39 is 12.9 Å². The summed E-state index contributed by atoms with van der Waals surface area (Å²) in [6, 6.07) is 68.5. The molecular formula is C36H32NP2+. The van der Waals surface area contributed by atoms with Crippen LogP contribution in [0.25, 0.3) is 0 Å². The molecule has 0 unspecified atom stereocenters. The summed E-state index contributed by atoms with van der Waals surface area (Å²) < 4.78 is 0. The van der Waals surface area contributed by atoms with Gasteiger partial charge in [-0.25, -0.2) is 0 Å². The van der Waals surface area contributed by atoms with Crippen molar-refractivity contribution in [3.05, 3.63) is 182 Å². The molecule has 0 amide bonds. The zero-order chi connectivity index (χ0) is 26.3. The van der Waals surface area contributed by atoms with Crippen molar-refractivity contribution in [3.63, 3.8) is 0 Å². The molecule has 2 N–H and O–H groups in total. The van der Waals surface area contributed by atoms with E-state index in [4.69, 9.17) is 0 Å². The molecule has 1 heterocycles. The molecule has 0 aromatic heterocycles. The normalized spacial score (nSPS) is 19.8. The van der Waals surface area contributed by atoms with Crippen LogP contribution in [0.5, 0.6) is 0 Å². The Balaban J connectivity index is 1.85. The van der Waals surface area contributed by atoms with Gasteiger partial charge in [-0.2, -0.15) is 0 Å². The summed E-state index contributed by atoms with van der Waals surface area (Å²) in [6.07, 6.45) is -6.65.